The van der Waals surface area contributed by atoms with Crippen molar-refractivity contribution in [2.45, 2.75) is 46.4 Å². The fourth-order valence-electron chi connectivity index (χ4n) is 3.84. The second kappa shape index (κ2) is 6.61. The quantitative estimate of drug-likeness (QED) is 0.786. The average Bonchev–Trinajstić information content (AvgIpc) is 3.12. The van der Waals surface area contributed by atoms with Crippen molar-refractivity contribution in [1.82, 2.24) is 14.7 Å². The van der Waals surface area contributed by atoms with Crippen LogP contribution < -0.4 is 0 Å². The van der Waals surface area contributed by atoms with E-state index in [1.54, 1.807) is 6.26 Å². The third-order valence-corrected chi connectivity index (χ3v) is 5.01. The minimum Gasteiger partial charge on any atom is -0.464 e. The highest BCUT2D eigenvalue weighted by Crippen LogP contribution is 2.27. The van der Waals surface area contributed by atoms with Crippen LogP contribution in [0.4, 0.5) is 0 Å². The molecule has 6 nitrogen and oxygen atoms in total. The van der Waals surface area contributed by atoms with Crippen molar-refractivity contribution >= 4 is 16.9 Å². The third-order valence-electron chi connectivity index (χ3n) is 5.01. The molecule has 136 valence electrons. The number of hydrogen-bond donors (Lipinski definition) is 1. The first-order valence-electron chi connectivity index (χ1n) is 8.96. The van der Waals surface area contributed by atoms with Gasteiger partial charge in [-0.1, -0.05) is 6.07 Å². The van der Waals surface area contributed by atoms with Crippen molar-refractivity contribution in [3.63, 3.8) is 0 Å². The SMILES string of the molecule is Cc1cc(C)c2c(CC(=O)N3CCCn4nc(CO)cc4C3)coc2c1. The van der Waals surface area contributed by atoms with Crippen molar-refractivity contribution in [1.29, 1.82) is 0 Å². The fourth-order valence-corrected chi connectivity index (χ4v) is 3.84. The van der Waals surface area contributed by atoms with Crippen LogP contribution in [0.5, 0.6) is 0 Å². The standard InChI is InChI=1S/C20H23N3O3/c1-13-6-14(2)20-15(12-26-18(20)7-13)8-19(25)22-4-3-5-23-17(10-22)9-16(11-24)21-23/h6-7,9,12,24H,3-5,8,10-11H2,1-2H3. The number of fused-ring (bicyclic) bond motifs is 2. The van der Waals surface area contributed by atoms with Gasteiger partial charge in [0, 0.05) is 24.0 Å². The van der Waals surface area contributed by atoms with E-state index in [1.807, 2.05) is 28.6 Å². The molecule has 0 radical (unpaired) electrons. The van der Waals surface area contributed by atoms with Gasteiger partial charge in [-0.15, -0.1) is 0 Å². The number of carbonyl (C=O) groups is 1. The average molecular weight is 353 g/mol. The van der Waals surface area contributed by atoms with E-state index in [4.69, 9.17) is 4.42 Å². The Morgan fingerprint density at radius 2 is 2.12 bits per heavy atom. The Kier molecular flexibility index (Phi) is 4.28. The zero-order valence-electron chi connectivity index (χ0n) is 15.2. The van der Waals surface area contributed by atoms with Crippen LogP contribution in [-0.4, -0.2) is 32.2 Å². The van der Waals surface area contributed by atoms with Gasteiger partial charge < -0.3 is 14.4 Å². The van der Waals surface area contributed by atoms with E-state index in [-0.39, 0.29) is 12.5 Å². The molecule has 6 heteroatoms. The van der Waals surface area contributed by atoms with Gasteiger partial charge in [0.25, 0.3) is 0 Å². The molecule has 0 saturated heterocycles. The van der Waals surface area contributed by atoms with Crippen molar-refractivity contribution < 1.29 is 14.3 Å². The molecule has 1 aliphatic rings. The van der Waals surface area contributed by atoms with Crippen LogP contribution in [0.15, 0.2) is 28.9 Å². The Morgan fingerprint density at radius 3 is 2.92 bits per heavy atom. The summed E-state index contributed by atoms with van der Waals surface area (Å²) in [5, 5.41) is 14.7. The van der Waals surface area contributed by atoms with Crippen molar-refractivity contribution in [3.05, 3.63) is 52.5 Å². The van der Waals surface area contributed by atoms with E-state index in [9.17, 15) is 9.90 Å². The van der Waals surface area contributed by atoms with Crippen LogP contribution in [0.2, 0.25) is 0 Å². The summed E-state index contributed by atoms with van der Waals surface area (Å²) in [6.07, 6.45) is 2.90. The lowest BCUT2D eigenvalue weighted by molar-refractivity contribution is -0.131. The number of hydrogen-bond acceptors (Lipinski definition) is 4. The molecule has 1 amide bonds. The summed E-state index contributed by atoms with van der Waals surface area (Å²) in [4.78, 5) is 14.8. The van der Waals surface area contributed by atoms with Gasteiger partial charge in [-0.3, -0.25) is 9.48 Å². The summed E-state index contributed by atoms with van der Waals surface area (Å²) in [6.45, 7) is 6.03. The lowest BCUT2D eigenvalue weighted by Gasteiger charge is -2.19. The first-order chi connectivity index (χ1) is 12.5. The molecule has 4 rings (SSSR count). The minimum absolute atomic E-state index is 0.0757. The van der Waals surface area contributed by atoms with Gasteiger partial charge >= 0.3 is 0 Å². The zero-order chi connectivity index (χ0) is 18.3. The summed E-state index contributed by atoms with van der Waals surface area (Å²) >= 11 is 0. The predicted octanol–water partition coefficient (Wildman–Crippen LogP) is 2.71. The zero-order valence-corrected chi connectivity index (χ0v) is 15.2. The van der Waals surface area contributed by atoms with E-state index in [2.05, 4.69) is 18.1 Å². The van der Waals surface area contributed by atoms with E-state index in [1.165, 1.54) is 0 Å². The highest BCUT2D eigenvalue weighted by molar-refractivity contribution is 5.90. The maximum Gasteiger partial charge on any atom is 0.227 e. The molecular formula is C20H23N3O3. The van der Waals surface area contributed by atoms with Crippen LogP contribution in [0, 0.1) is 13.8 Å². The monoisotopic (exact) mass is 353 g/mol. The van der Waals surface area contributed by atoms with Gasteiger partial charge in [-0.05, 0) is 43.5 Å². The number of rotatable bonds is 3. The number of benzene rings is 1. The van der Waals surface area contributed by atoms with Crippen molar-refractivity contribution in [2.24, 2.45) is 0 Å². The molecule has 1 N–H and O–H groups in total. The Hall–Kier alpha value is -2.60. The summed E-state index contributed by atoms with van der Waals surface area (Å²) in [5.41, 5.74) is 5.70. The highest BCUT2D eigenvalue weighted by atomic mass is 16.3. The largest absolute Gasteiger partial charge is 0.464 e. The number of nitrogens with zero attached hydrogens (tertiary/aromatic N) is 3. The molecule has 0 bridgehead atoms. The number of aliphatic hydroxyl groups excluding tert-OH is 1. The fraction of sp³-hybridized carbons (Fsp3) is 0.400. The maximum atomic E-state index is 12.9. The van der Waals surface area contributed by atoms with Gasteiger partial charge in [0.2, 0.25) is 5.91 Å². The van der Waals surface area contributed by atoms with Crippen LogP contribution >= 0.6 is 0 Å². The highest BCUT2D eigenvalue weighted by Gasteiger charge is 2.22. The number of carbonyl (C=O) groups excluding carboxylic acids is 1. The molecule has 1 aromatic carbocycles. The Labute approximate surface area is 152 Å². The first-order valence-corrected chi connectivity index (χ1v) is 8.96. The number of furan rings is 1. The van der Waals surface area contributed by atoms with Crippen LogP contribution in [-0.2, 0) is 30.9 Å². The summed E-state index contributed by atoms with van der Waals surface area (Å²) in [7, 11) is 0. The second-order valence-electron chi connectivity index (χ2n) is 7.07. The molecule has 0 fully saturated rings. The molecule has 0 atom stereocenters. The Balaban J connectivity index is 1.57. The van der Waals surface area contributed by atoms with Gasteiger partial charge in [-0.2, -0.15) is 5.10 Å². The number of aryl methyl sites for hydroxylation is 3. The van der Waals surface area contributed by atoms with Gasteiger partial charge in [0.1, 0.15) is 5.58 Å². The Bertz CT molecular complexity index is 970. The number of aromatic nitrogens is 2. The summed E-state index contributed by atoms with van der Waals surface area (Å²) in [6, 6.07) is 6.01. The van der Waals surface area contributed by atoms with E-state index in [0.29, 0.717) is 25.2 Å². The topological polar surface area (TPSA) is 71.5 Å². The van der Waals surface area contributed by atoms with Gasteiger partial charge in [0.15, 0.2) is 0 Å². The molecule has 3 heterocycles. The lowest BCUT2D eigenvalue weighted by Crippen LogP contribution is -2.32. The van der Waals surface area contributed by atoms with Crippen molar-refractivity contribution in [2.75, 3.05) is 6.54 Å². The van der Waals surface area contributed by atoms with E-state index < -0.39 is 0 Å². The van der Waals surface area contributed by atoms with Crippen LogP contribution in [0.25, 0.3) is 11.0 Å². The normalized spacial score (nSPS) is 14.5. The van der Waals surface area contributed by atoms with Gasteiger partial charge in [-0.25, -0.2) is 0 Å². The summed E-state index contributed by atoms with van der Waals surface area (Å²) in [5.74, 6) is 0.0906. The first kappa shape index (κ1) is 16.8. The maximum absolute atomic E-state index is 12.9. The molecule has 0 unspecified atom stereocenters. The minimum atomic E-state index is -0.0757. The predicted molar refractivity (Wildman–Crippen MR) is 97.6 cm³/mol. The summed E-state index contributed by atoms with van der Waals surface area (Å²) < 4.78 is 7.59. The van der Waals surface area contributed by atoms with Crippen LogP contribution in [0.3, 0.4) is 0 Å². The number of aliphatic hydroxyl groups is 1. The Morgan fingerprint density at radius 1 is 1.27 bits per heavy atom. The lowest BCUT2D eigenvalue weighted by atomic mass is 10.0. The molecule has 1 aliphatic heterocycles. The smallest absolute Gasteiger partial charge is 0.227 e. The molecule has 0 saturated carbocycles. The molecule has 26 heavy (non-hydrogen) atoms. The molecule has 0 aliphatic carbocycles. The molecular weight excluding hydrogens is 330 g/mol. The van der Waals surface area contributed by atoms with Crippen molar-refractivity contribution in [3.8, 4) is 0 Å². The van der Waals surface area contributed by atoms with Gasteiger partial charge in [0.05, 0.1) is 37.2 Å². The van der Waals surface area contributed by atoms with E-state index >= 15 is 0 Å². The van der Waals surface area contributed by atoms with E-state index in [0.717, 1.165) is 46.3 Å². The van der Waals surface area contributed by atoms with Crippen LogP contribution in [0.1, 0.15) is 34.5 Å². The molecule has 3 aromatic rings. The second-order valence-corrected chi connectivity index (χ2v) is 7.07. The molecule has 0 spiro atoms. The third kappa shape index (κ3) is 3.01. The number of amides is 1. The molecule has 2 aromatic heterocycles.